The van der Waals surface area contributed by atoms with E-state index < -0.39 is 24.1 Å². The van der Waals surface area contributed by atoms with E-state index in [1.54, 1.807) is 0 Å². The van der Waals surface area contributed by atoms with Crippen molar-refractivity contribution in [1.29, 1.82) is 0 Å². The van der Waals surface area contributed by atoms with Gasteiger partial charge in [0.15, 0.2) is 0 Å². The van der Waals surface area contributed by atoms with Crippen molar-refractivity contribution < 1.29 is 19.4 Å². The van der Waals surface area contributed by atoms with Gasteiger partial charge in [0.2, 0.25) is 0 Å². The Hall–Kier alpha value is -2.12. The van der Waals surface area contributed by atoms with Gasteiger partial charge in [0.05, 0.1) is 6.10 Å². The summed E-state index contributed by atoms with van der Waals surface area (Å²) in [6.45, 7) is 5.20. The first kappa shape index (κ1) is 17.9. The van der Waals surface area contributed by atoms with Crippen LogP contribution in [-0.2, 0) is 16.1 Å². The number of hydrogen-bond donors (Lipinski definition) is 4. The van der Waals surface area contributed by atoms with Crippen LogP contribution in [0.5, 0.6) is 0 Å². The summed E-state index contributed by atoms with van der Waals surface area (Å²) in [4.78, 5) is 23.6. The van der Waals surface area contributed by atoms with Crippen LogP contribution in [0.3, 0.4) is 0 Å². The van der Waals surface area contributed by atoms with Gasteiger partial charge >= 0.3 is 6.09 Å². The van der Waals surface area contributed by atoms with Gasteiger partial charge in [0.25, 0.3) is 5.91 Å². The summed E-state index contributed by atoms with van der Waals surface area (Å²) in [7, 11) is 0. The monoisotopic (exact) mass is 309 g/mol. The number of alkyl carbamates (subject to hydrolysis) is 1. The molecule has 0 radical (unpaired) electrons. The molecular weight excluding hydrogens is 286 g/mol. The number of carbonyl (C=O) groups is 2. The van der Waals surface area contributed by atoms with Crippen molar-refractivity contribution in [2.75, 3.05) is 0 Å². The summed E-state index contributed by atoms with van der Waals surface area (Å²) < 4.78 is 5.02. The molecule has 0 spiro atoms. The van der Waals surface area contributed by atoms with E-state index in [1.807, 2.05) is 44.2 Å². The number of nitrogens with one attached hydrogen (secondary N) is 3. The quantitative estimate of drug-likeness (QED) is 0.555. The lowest BCUT2D eigenvalue weighted by atomic mass is 10.2. The fourth-order valence-corrected chi connectivity index (χ4v) is 1.59. The van der Waals surface area contributed by atoms with Gasteiger partial charge in [-0.1, -0.05) is 30.3 Å². The van der Waals surface area contributed by atoms with Crippen LogP contribution in [0.15, 0.2) is 30.3 Å². The lowest BCUT2D eigenvalue weighted by molar-refractivity contribution is -0.126. The minimum absolute atomic E-state index is 0.0311. The summed E-state index contributed by atoms with van der Waals surface area (Å²) in [6, 6.07) is 8.09. The van der Waals surface area contributed by atoms with E-state index in [2.05, 4.69) is 16.2 Å². The molecule has 7 nitrogen and oxygen atoms in total. The number of hydrazine groups is 1. The van der Waals surface area contributed by atoms with Crippen molar-refractivity contribution in [2.24, 2.45) is 0 Å². The highest BCUT2D eigenvalue weighted by Crippen LogP contribution is 2.01. The highest BCUT2D eigenvalue weighted by atomic mass is 16.5. The molecule has 0 aromatic heterocycles. The Balaban J connectivity index is 2.48. The van der Waals surface area contributed by atoms with Crippen molar-refractivity contribution in [3.05, 3.63) is 35.9 Å². The highest BCUT2D eigenvalue weighted by Gasteiger charge is 2.26. The van der Waals surface area contributed by atoms with Crippen LogP contribution in [-0.4, -0.2) is 35.3 Å². The fraction of sp³-hybridized carbons (Fsp3) is 0.467. The van der Waals surface area contributed by atoms with E-state index in [4.69, 9.17) is 4.74 Å². The number of carbonyl (C=O) groups excluding carboxylic acids is 2. The zero-order valence-electron chi connectivity index (χ0n) is 13.0. The Bertz CT molecular complexity index is 477. The molecule has 0 aliphatic heterocycles. The minimum atomic E-state index is -1.10. The summed E-state index contributed by atoms with van der Waals surface area (Å²) in [5, 5.41) is 12.0. The first-order valence-electron chi connectivity index (χ1n) is 7.10. The number of amides is 2. The van der Waals surface area contributed by atoms with Gasteiger partial charge in [0, 0.05) is 6.04 Å². The van der Waals surface area contributed by atoms with E-state index in [0.29, 0.717) is 0 Å². The van der Waals surface area contributed by atoms with Crippen molar-refractivity contribution >= 4 is 12.0 Å². The number of hydrogen-bond acceptors (Lipinski definition) is 5. The molecule has 22 heavy (non-hydrogen) atoms. The molecule has 2 amide bonds. The summed E-state index contributed by atoms with van der Waals surface area (Å²) in [6.07, 6.45) is -1.83. The average Bonchev–Trinajstić information content (AvgIpc) is 2.49. The van der Waals surface area contributed by atoms with E-state index in [-0.39, 0.29) is 12.6 Å². The second kappa shape index (κ2) is 9.01. The predicted molar refractivity (Wildman–Crippen MR) is 81.6 cm³/mol. The molecule has 0 saturated carbocycles. The number of benzene rings is 1. The van der Waals surface area contributed by atoms with Crippen LogP contribution in [0.2, 0.25) is 0 Å². The Morgan fingerprint density at radius 1 is 1.18 bits per heavy atom. The average molecular weight is 309 g/mol. The van der Waals surface area contributed by atoms with Gasteiger partial charge in [0.1, 0.15) is 12.6 Å². The maximum atomic E-state index is 11.9. The van der Waals surface area contributed by atoms with Gasteiger partial charge in [-0.25, -0.2) is 10.2 Å². The minimum Gasteiger partial charge on any atom is -0.445 e. The second-order valence-electron chi connectivity index (χ2n) is 5.21. The molecule has 0 bridgehead atoms. The number of aliphatic hydroxyl groups is 1. The lowest BCUT2D eigenvalue weighted by Gasteiger charge is -2.21. The summed E-state index contributed by atoms with van der Waals surface area (Å²) in [5.74, 6) is -0.541. The van der Waals surface area contributed by atoms with Crippen molar-refractivity contribution in [2.45, 2.75) is 45.6 Å². The molecular formula is C15H23N3O4. The van der Waals surface area contributed by atoms with E-state index in [0.717, 1.165) is 5.56 Å². The maximum absolute atomic E-state index is 11.9. The Morgan fingerprint density at radius 2 is 1.82 bits per heavy atom. The number of ether oxygens (including phenoxy) is 1. The van der Waals surface area contributed by atoms with Crippen LogP contribution >= 0.6 is 0 Å². The summed E-state index contributed by atoms with van der Waals surface area (Å²) in [5.41, 5.74) is 5.96. The molecule has 2 unspecified atom stereocenters. The normalized spacial score (nSPS) is 13.3. The molecule has 2 atom stereocenters. The lowest BCUT2D eigenvalue weighted by Crippen LogP contribution is -2.56. The Labute approximate surface area is 130 Å². The molecule has 122 valence electrons. The van der Waals surface area contributed by atoms with Gasteiger partial charge in [-0.05, 0) is 26.3 Å². The molecule has 0 fully saturated rings. The van der Waals surface area contributed by atoms with Crippen LogP contribution in [0.1, 0.15) is 26.3 Å². The molecule has 4 N–H and O–H groups in total. The van der Waals surface area contributed by atoms with Crippen LogP contribution in [0.25, 0.3) is 0 Å². The molecule has 0 aliphatic carbocycles. The molecule has 1 rings (SSSR count). The molecule has 0 heterocycles. The van der Waals surface area contributed by atoms with E-state index in [9.17, 15) is 14.7 Å². The third kappa shape index (κ3) is 6.55. The smallest absolute Gasteiger partial charge is 0.408 e. The SMILES string of the molecule is CC(C)NNC(=O)C(NC(=O)OCc1ccccc1)C(C)O. The molecule has 0 saturated heterocycles. The Morgan fingerprint density at radius 3 is 2.36 bits per heavy atom. The van der Waals surface area contributed by atoms with Crippen molar-refractivity contribution in [3.63, 3.8) is 0 Å². The number of aliphatic hydroxyl groups excluding tert-OH is 1. The fourth-order valence-electron chi connectivity index (χ4n) is 1.59. The van der Waals surface area contributed by atoms with E-state index in [1.165, 1.54) is 6.92 Å². The standard InChI is InChI=1S/C15H23N3O4/c1-10(2)17-18-14(20)13(11(3)19)16-15(21)22-9-12-7-5-4-6-8-12/h4-8,10-11,13,17,19H,9H2,1-3H3,(H,16,21)(H,18,20). The Kier molecular flexibility index (Phi) is 7.34. The van der Waals surface area contributed by atoms with Gasteiger partial charge in [-0.3, -0.25) is 10.2 Å². The molecule has 7 heteroatoms. The van der Waals surface area contributed by atoms with Gasteiger partial charge in [-0.2, -0.15) is 0 Å². The largest absolute Gasteiger partial charge is 0.445 e. The predicted octanol–water partition coefficient (Wildman–Crippen LogP) is 0.691. The molecule has 0 aliphatic rings. The third-order valence-corrected chi connectivity index (χ3v) is 2.74. The highest BCUT2D eigenvalue weighted by molar-refractivity contribution is 5.85. The van der Waals surface area contributed by atoms with Crippen LogP contribution < -0.4 is 16.2 Å². The van der Waals surface area contributed by atoms with Gasteiger partial charge in [-0.15, -0.1) is 0 Å². The number of rotatable bonds is 7. The van der Waals surface area contributed by atoms with Crippen LogP contribution in [0.4, 0.5) is 4.79 Å². The van der Waals surface area contributed by atoms with Crippen LogP contribution in [0, 0.1) is 0 Å². The zero-order valence-corrected chi connectivity index (χ0v) is 13.0. The summed E-state index contributed by atoms with van der Waals surface area (Å²) >= 11 is 0. The zero-order chi connectivity index (χ0) is 16.5. The van der Waals surface area contributed by atoms with Crippen molar-refractivity contribution in [3.8, 4) is 0 Å². The third-order valence-electron chi connectivity index (χ3n) is 2.74. The first-order valence-corrected chi connectivity index (χ1v) is 7.10. The van der Waals surface area contributed by atoms with Crippen molar-refractivity contribution in [1.82, 2.24) is 16.2 Å². The second-order valence-corrected chi connectivity index (χ2v) is 5.21. The van der Waals surface area contributed by atoms with Gasteiger partial charge < -0.3 is 15.2 Å². The molecule has 1 aromatic rings. The molecule has 1 aromatic carbocycles. The topological polar surface area (TPSA) is 99.7 Å². The first-order chi connectivity index (χ1) is 10.4. The maximum Gasteiger partial charge on any atom is 0.408 e. The van der Waals surface area contributed by atoms with E-state index >= 15 is 0 Å².